The summed E-state index contributed by atoms with van der Waals surface area (Å²) in [5, 5.41) is 12.0. The first-order chi connectivity index (χ1) is 9.04. The minimum absolute atomic E-state index is 0.0160. The molecule has 2 rings (SSSR count). The van der Waals surface area contributed by atoms with Crippen molar-refractivity contribution < 1.29 is 18.9 Å². The Morgan fingerprint density at radius 2 is 2.21 bits per heavy atom. The highest BCUT2D eigenvalue weighted by molar-refractivity contribution is 6.33. The molecule has 1 amide bonds. The molecule has 0 atom stereocenters. The molecule has 1 aromatic carbocycles. The van der Waals surface area contributed by atoms with Crippen molar-refractivity contribution in [1.29, 1.82) is 0 Å². The molecule has 0 bridgehead atoms. The van der Waals surface area contributed by atoms with Crippen molar-refractivity contribution in [2.75, 3.05) is 5.32 Å². The van der Waals surface area contributed by atoms with Gasteiger partial charge < -0.3 is 10.4 Å². The molecule has 2 N–H and O–H groups in total. The van der Waals surface area contributed by atoms with Crippen LogP contribution in [0.4, 0.5) is 10.1 Å². The van der Waals surface area contributed by atoms with Gasteiger partial charge in [-0.15, -0.1) is 0 Å². The van der Waals surface area contributed by atoms with Crippen molar-refractivity contribution in [2.24, 2.45) is 0 Å². The van der Waals surface area contributed by atoms with E-state index in [1.807, 2.05) is 0 Å². The third kappa shape index (κ3) is 3.66. The largest absolute Gasteiger partial charge is 0.503 e. The van der Waals surface area contributed by atoms with E-state index in [2.05, 4.69) is 5.32 Å². The maximum absolute atomic E-state index is 12.8. The number of halogens is 2. The summed E-state index contributed by atoms with van der Waals surface area (Å²) in [6, 6.07) is 6.85. The lowest BCUT2D eigenvalue weighted by atomic mass is 10.3. The van der Waals surface area contributed by atoms with Gasteiger partial charge in [-0.3, -0.25) is 4.79 Å². The van der Waals surface area contributed by atoms with Crippen molar-refractivity contribution in [3.8, 4) is 5.75 Å². The fraction of sp³-hybridized carbons (Fsp3) is 0.0769. The van der Waals surface area contributed by atoms with Crippen molar-refractivity contribution in [2.45, 2.75) is 6.54 Å². The van der Waals surface area contributed by atoms with E-state index in [-0.39, 0.29) is 23.2 Å². The van der Waals surface area contributed by atoms with E-state index in [1.165, 1.54) is 29.0 Å². The zero-order chi connectivity index (χ0) is 13.8. The molecule has 0 unspecified atom stereocenters. The third-order valence-corrected chi connectivity index (χ3v) is 2.69. The number of amides is 1. The van der Waals surface area contributed by atoms with Crippen LogP contribution in [-0.2, 0) is 11.3 Å². The number of aromatic nitrogens is 1. The Kier molecular flexibility index (Phi) is 3.97. The van der Waals surface area contributed by atoms with E-state index in [4.69, 9.17) is 11.6 Å². The van der Waals surface area contributed by atoms with Crippen LogP contribution in [-0.4, -0.2) is 11.0 Å². The molecule has 1 aromatic heterocycles. The first-order valence-electron chi connectivity index (χ1n) is 5.47. The molecule has 98 valence electrons. The predicted octanol–water partition coefficient (Wildman–Crippen LogP) is 2.11. The zero-order valence-electron chi connectivity index (χ0n) is 9.81. The Hall–Kier alpha value is -2.14. The number of benzene rings is 1. The SMILES string of the molecule is O=C(C[n+]1cccc(O)c1)Nc1ccc(F)cc1Cl. The second kappa shape index (κ2) is 5.67. The molecule has 0 aliphatic carbocycles. The van der Waals surface area contributed by atoms with Crippen molar-refractivity contribution in [3.05, 3.63) is 53.6 Å². The number of carbonyl (C=O) groups excluding carboxylic acids is 1. The molecule has 0 spiro atoms. The standard InChI is InChI=1S/C13H10ClFN2O2/c14-11-6-9(15)3-4-12(11)16-13(19)8-17-5-1-2-10(18)7-17/h1-7H,8H2,(H-,16,18,19)/p+1. The number of nitrogens with zero attached hydrogens (tertiary/aromatic N) is 1. The molecule has 2 aromatic rings. The van der Waals surface area contributed by atoms with Crippen LogP contribution in [0.5, 0.6) is 5.75 Å². The summed E-state index contributed by atoms with van der Waals surface area (Å²) in [6.45, 7) is 0.0160. The van der Waals surface area contributed by atoms with Crippen LogP contribution in [0.1, 0.15) is 0 Å². The van der Waals surface area contributed by atoms with Gasteiger partial charge in [-0.05, 0) is 24.3 Å². The lowest BCUT2D eigenvalue weighted by Gasteiger charge is -2.05. The highest BCUT2D eigenvalue weighted by atomic mass is 35.5. The maximum atomic E-state index is 12.8. The van der Waals surface area contributed by atoms with Crippen molar-refractivity contribution >= 4 is 23.2 Å². The van der Waals surface area contributed by atoms with E-state index in [1.54, 1.807) is 12.3 Å². The van der Waals surface area contributed by atoms with Crippen LogP contribution >= 0.6 is 11.6 Å². The summed E-state index contributed by atoms with van der Waals surface area (Å²) in [5.41, 5.74) is 0.341. The Morgan fingerprint density at radius 1 is 1.42 bits per heavy atom. The number of nitrogens with one attached hydrogen (secondary N) is 1. The average molecular weight is 282 g/mol. The summed E-state index contributed by atoms with van der Waals surface area (Å²) < 4.78 is 14.4. The molecule has 0 radical (unpaired) electrons. The topological polar surface area (TPSA) is 53.2 Å². The highest BCUT2D eigenvalue weighted by Gasteiger charge is 2.12. The number of aromatic hydroxyl groups is 1. The van der Waals surface area contributed by atoms with E-state index >= 15 is 0 Å². The molecular formula is C13H11ClFN2O2+. The van der Waals surface area contributed by atoms with Crippen LogP contribution in [0.25, 0.3) is 0 Å². The quantitative estimate of drug-likeness (QED) is 0.847. The molecule has 0 saturated carbocycles. The number of rotatable bonds is 3. The Bertz CT molecular complexity index is 619. The maximum Gasteiger partial charge on any atom is 0.290 e. The van der Waals surface area contributed by atoms with Crippen molar-refractivity contribution in [1.82, 2.24) is 0 Å². The van der Waals surface area contributed by atoms with Crippen LogP contribution in [0.15, 0.2) is 42.7 Å². The van der Waals surface area contributed by atoms with Gasteiger partial charge in [0, 0.05) is 6.07 Å². The first-order valence-corrected chi connectivity index (χ1v) is 5.85. The van der Waals surface area contributed by atoms with Crippen LogP contribution in [0.2, 0.25) is 5.02 Å². The third-order valence-electron chi connectivity index (χ3n) is 2.37. The Morgan fingerprint density at radius 3 is 2.89 bits per heavy atom. The number of hydrogen-bond donors (Lipinski definition) is 2. The number of anilines is 1. The second-order valence-corrected chi connectivity index (χ2v) is 4.31. The fourth-order valence-corrected chi connectivity index (χ4v) is 1.77. The predicted molar refractivity (Wildman–Crippen MR) is 68.3 cm³/mol. The summed E-state index contributed by atoms with van der Waals surface area (Å²) >= 11 is 5.80. The van der Waals surface area contributed by atoms with Gasteiger partial charge in [-0.1, -0.05) is 11.6 Å². The summed E-state index contributed by atoms with van der Waals surface area (Å²) in [5.74, 6) is -0.732. The lowest BCUT2D eigenvalue weighted by Crippen LogP contribution is -2.39. The zero-order valence-corrected chi connectivity index (χ0v) is 10.6. The summed E-state index contributed by atoms with van der Waals surface area (Å²) in [4.78, 5) is 11.8. The highest BCUT2D eigenvalue weighted by Crippen LogP contribution is 2.22. The first kappa shape index (κ1) is 13.3. The van der Waals surface area contributed by atoms with Gasteiger partial charge in [0.15, 0.2) is 11.9 Å². The molecule has 6 heteroatoms. The summed E-state index contributed by atoms with van der Waals surface area (Å²) in [7, 11) is 0. The molecule has 0 fully saturated rings. The second-order valence-electron chi connectivity index (χ2n) is 3.91. The molecule has 19 heavy (non-hydrogen) atoms. The summed E-state index contributed by atoms with van der Waals surface area (Å²) in [6.07, 6.45) is 3.07. The average Bonchev–Trinajstić information content (AvgIpc) is 2.33. The number of hydrogen-bond acceptors (Lipinski definition) is 2. The van der Waals surface area contributed by atoms with Gasteiger partial charge in [0.05, 0.1) is 10.7 Å². The molecular weight excluding hydrogens is 271 g/mol. The molecule has 0 aliphatic heterocycles. The molecule has 0 aliphatic rings. The van der Waals surface area contributed by atoms with E-state index in [0.717, 1.165) is 6.07 Å². The van der Waals surface area contributed by atoms with Gasteiger partial charge in [0.2, 0.25) is 12.7 Å². The van der Waals surface area contributed by atoms with Gasteiger partial charge >= 0.3 is 0 Å². The fourth-order valence-electron chi connectivity index (χ4n) is 1.55. The van der Waals surface area contributed by atoms with Gasteiger partial charge in [0.25, 0.3) is 5.91 Å². The smallest absolute Gasteiger partial charge is 0.290 e. The molecule has 1 heterocycles. The number of pyridine rings is 1. The van der Waals surface area contributed by atoms with Crippen LogP contribution < -0.4 is 9.88 Å². The van der Waals surface area contributed by atoms with E-state index in [9.17, 15) is 14.3 Å². The van der Waals surface area contributed by atoms with Gasteiger partial charge in [-0.25, -0.2) is 4.39 Å². The lowest BCUT2D eigenvalue weighted by molar-refractivity contribution is -0.684. The van der Waals surface area contributed by atoms with Crippen molar-refractivity contribution in [3.63, 3.8) is 0 Å². The normalized spacial score (nSPS) is 10.2. The Labute approximate surface area is 114 Å². The van der Waals surface area contributed by atoms with Crippen LogP contribution in [0.3, 0.4) is 0 Å². The molecule has 0 saturated heterocycles. The van der Waals surface area contributed by atoms with Gasteiger partial charge in [0.1, 0.15) is 5.82 Å². The molecule has 4 nitrogen and oxygen atoms in total. The minimum atomic E-state index is -0.467. The minimum Gasteiger partial charge on any atom is -0.503 e. The number of carbonyl (C=O) groups is 1. The monoisotopic (exact) mass is 281 g/mol. The van der Waals surface area contributed by atoms with E-state index < -0.39 is 5.82 Å². The Balaban J connectivity index is 2.05. The van der Waals surface area contributed by atoms with Gasteiger partial charge in [-0.2, -0.15) is 4.57 Å². The van der Waals surface area contributed by atoms with Crippen LogP contribution in [0, 0.1) is 5.82 Å². The van der Waals surface area contributed by atoms with E-state index in [0.29, 0.717) is 5.69 Å².